The summed E-state index contributed by atoms with van der Waals surface area (Å²) in [5.41, 5.74) is 9.51. The Morgan fingerprint density at radius 1 is 0.952 bits per heavy atom. The summed E-state index contributed by atoms with van der Waals surface area (Å²) in [6.45, 7) is 6.99. The highest BCUT2D eigenvalue weighted by molar-refractivity contribution is 5.96. The van der Waals surface area contributed by atoms with E-state index in [0.29, 0.717) is 29.7 Å². The number of pyridine rings is 1. The van der Waals surface area contributed by atoms with Crippen molar-refractivity contribution in [3.8, 4) is 0 Å². The van der Waals surface area contributed by atoms with E-state index in [4.69, 9.17) is 10.7 Å². The van der Waals surface area contributed by atoms with Crippen LogP contribution in [0.1, 0.15) is 71.5 Å². The predicted molar refractivity (Wildman–Crippen MR) is 165 cm³/mol. The molecule has 220 valence electrons. The molecule has 2 aromatic heterocycles. The van der Waals surface area contributed by atoms with E-state index in [9.17, 15) is 9.59 Å². The topological polar surface area (TPSA) is 121 Å². The first-order valence-electron chi connectivity index (χ1n) is 15.1. The van der Waals surface area contributed by atoms with E-state index >= 15 is 0 Å². The Hall–Kier alpha value is -4.05. The van der Waals surface area contributed by atoms with Crippen molar-refractivity contribution >= 4 is 34.7 Å². The highest BCUT2D eigenvalue weighted by Gasteiger charge is 2.32. The molecule has 10 nitrogen and oxygen atoms in total. The second-order valence-electron chi connectivity index (χ2n) is 12.0. The average Bonchev–Trinajstić information content (AvgIpc) is 3.85. The number of primary amides is 1. The second-order valence-corrected chi connectivity index (χ2v) is 12.0. The number of anilines is 4. The maximum atomic E-state index is 13.1. The molecule has 0 spiro atoms. The zero-order valence-corrected chi connectivity index (χ0v) is 24.5. The lowest BCUT2D eigenvalue weighted by Crippen LogP contribution is -2.44. The number of amides is 1. The number of likely N-dealkylation sites (N-methyl/N-ethyl adjacent to an activating group) is 1. The number of ketones is 1. The molecule has 4 heterocycles. The number of Topliss-reactive ketones (excluding diaryl/α,β-unsaturated/α-hetero) is 1. The maximum absolute atomic E-state index is 13.1. The highest BCUT2D eigenvalue weighted by Crippen LogP contribution is 2.39. The Morgan fingerprint density at radius 2 is 1.71 bits per heavy atom. The highest BCUT2D eigenvalue weighted by atomic mass is 16.1. The molecule has 2 aliphatic heterocycles. The molecule has 0 bridgehead atoms. The van der Waals surface area contributed by atoms with Crippen LogP contribution in [0.2, 0.25) is 0 Å². The summed E-state index contributed by atoms with van der Waals surface area (Å²) >= 11 is 0. The number of piperazine rings is 1. The van der Waals surface area contributed by atoms with Gasteiger partial charge in [0.05, 0.1) is 6.20 Å². The van der Waals surface area contributed by atoms with Crippen LogP contribution in [0.5, 0.6) is 0 Å². The number of piperidine rings is 1. The van der Waals surface area contributed by atoms with Gasteiger partial charge in [-0.25, -0.2) is 9.97 Å². The summed E-state index contributed by atoms with van der Waals surface area (Å²) < 4.78 is 0. The van der Waals surface area contributed by atoms with Crippen LogP contribution in [0.4, 0.5) is 23.0 Å². The Bertz CT molecular complexity index is 1420. The molecule has 10 heteroatoms. The lowest BCUT2D eigenvalue weighted by Gasteiger charge is -2.40. The van der Waals surface area contributed by atoms with E-state index in [-0.39, 0.29) is 23.4 Å². The van der Waals surface area contributed by atoms with Gasteiger partial charge in [0.2, 0.25) is 0 Å². The van der Waals surface area contributed by atoms with Gasteiger partial charge in [0.1, 0.15) is 11.5 Å². The summed E-state index contributed by atoms with van der Waals surface area (Å²) in [5.74, 6) is 1.21. The van der Waals surface area contributed by atoms with Crippen molar-refractivity contribution in [2.24, 2.45) is 11.7 Å². The van der Waals surface area contributed by atoms with E-state index in [0.717, 1.165) is 51.3 Å². The van der Waals surface area contributed by atoms with Crippen LogP contribution in [0, 0.1) is 5.92 Å². The van der Waals surface area contributed by atoms with Crippen molar-refractivity contribution in [1.82, 2.24) is 19.9 Å². The number of carbonyl (C=O) groups is 2. The summed E-state index contributed by atoms with van der Waals surface area (Å²) in [4.78, 5) is 46.0. The fourth-order valence-corrected chi connectivity index (χ4v) is 6.13. The number of aromatic nitrogens is 3. The largest absolute Gasteiger partial charge is 0.369 e. The Morgan fingerprint density at radius 3 is 2.38 bits per heavy atom. The molecule has 6 rings (SSSR count). The number of hydrogen-bond acceptors (Lipinski definition) is 9. The Kier molecular flexibility index (Phi) is 8.06. The first-order chi connectivity index (χ1) is 20.4. The smallest absolute Gasteiger partial charge is 0.271 e. The van der Waals surface area contributed by atoms with Crippen molar-refractivity contribution in [1.29, 1.82) is 0 Å². The minimum Gasteiger partial charge on any atom is -0.369 e. The van der Waals surface area contributed by atoms with Gasteiger partial charge in [-0.3, -0.25) is 14.6 Å². The van der Waals surface area contributed by atoms with Gasteiger partial charge >= 0.3 is 0 Å². The van der Waals surface area contributed by atoms with Crippen LogP contribution in [0.15, 0.2) is 48.8 Å². The third-order valence-corrected chi connectivity index (χ3v) is 9.00. The van der Waals surface area contributed by atoms with Crippen molar-refractivity contribution in [2.45, 2.75) is 51.0 Å². The molecule has 3 fully saturated rings. The standard InChI is InChI=1S/C32H40N8O2/c1-21-23(18-28(41)27-12-7-24(19-34-27)22-5-6-22)4-3-13-40(21)29-20-35-30(31(33)42)32(37-29)36-25-8-10-26(11-9-25)39-16-14-38(2)15-17-39/h7-12,19-23H,3-6,13-18H2,1-2H3,(H2,33,42)(H,36,37)/t21-,23+/m1/s1. The van der Waals surface area contributed by atoms with Gasteiger partial charge in [0.25, 0.3) is 5.91 Å². The normalized spacial score (nSPS) is 21.3. The zero-order chi connectivity index (χ0) is 29.2. The number of carbonyl (C=O) groups excluding carboxylic acids is 2. The lowest BCUT2D eigenvalue weighted by molar-refractivity contribution is 0.0940. The lowest BCUT2D eigenvalue weighted by atomic mass is 9.85. The molecule has 3 aromatic rings. The summed E-state index contributed by atoms with van der Waals surface area (Å²) in [6, 6.07) is 12.1. The fraction of sp³-hybridized carbons (Fsp3) is 0.469. The molecular formula is C32H40N8O2. The van der Waals surface area contributed by atoms with Gasteiger partial charge in [-0.05, 0) is 87.4 Å². The van der Waals surface area contributed by atoms with Crippen LogP contribution >= 0.6 is 0 Å². The molecule has 2 saturated heterocycles. The number of nitrogens with two attached hydrogens (primary N) is 1. The van der Waals surface area contributed by atoms with Gasteiger partial charge in [-0.15, -0.1) is 0 Å². The third kappa shape index (κ3) is 6.23. The number of rotatable bonds is 9. The van der Waals surface area contributed by atoms with Crippen molar-refractivity contribution in [3.63, 3.8) is 0 Å². The van der Waals surface area contributed by atoms with Gasteiger partial charge in [-0.2, -0.15) is 0 Å². The number of nitrogens with one attached hydrogen (secondary N) is 1. The number of benzene rings is 1. The van der Waals surface area contributed by atoms with E-state index < -0.39 is 5.91 Å². The molecule has 1 aliphatic carbocycles. The van der Waals surface area contributed by atoms with Crippen LogP contribution in [0.3, 0.4) is 0 Å². The monoisotopic (exact) mass is 568 g/mol. The summed E-state index contributed by atoms with van der Waals surface area (Å²) in [5, 5.41) is 3.28. The molecule has 42 heavy (non-hydrogen) atoms. The van der Waals surface area contributed by atoms with Gasteiger partial charge in [0.15, 0.2) is 17.3 Å². The molecule has 1 saturated carbocycles. The fourth-order valence-electron chi connectivity index (χ4n) is 6.13. The quantitative estimate of drug-likeness (QED) is 0.366. The minimum atomic E-state index is -0.638. The molecule has 0 radical (unpaired) electrons. The summed E-state index contributed by atoms with van der Waals surface area (Å²) in [7, 11) is 2.14. The van der Waals surface area contributed by atoms with Crippen molar-refractivity contribution < 1.29 is 9.59 Å². The van der Waals surface area contributed by atoms with E-state index in [2.05, 4.69) is 62.2 Å². The summed E-state index contributed by atoms with van der Waals surface area (Å²) in [6.07, 6.45) is 8.24. The molecule has 3 N–H and O–H groups in total. The van der Waals surface area contributed by atoms with Gasteiger partial charge in [0, 0.05) is 62.8 Å². The molecule has 3 aliphatic rings. The van der Waals surface area contributed by atoms with E-state index in [1.54, 1.807) is 6.20 Å². The van der Waals surface area contributed by atoms with Gasteiger partial charge < -0.3 is 25.8 Å². The van der Waals surface area contributed by atoms with Crippen LogP contribution in [-0.2, 0) is 0 Å². The maximum Gasteiger partial charge on any atom is 0.271 e. The predicted octanol–water partition coefficient (Wildman–Crippen LogP) is 4.22. The number of hydrogen-bond donors (Lipinski definition) is 2. The first kappa shape index (κ1) is 28.1. The van der Waals surface area contributed by atoms with Crippen molar-refractivity contribution in [2.75, 3.05) is 54.9 Å². The minimum absolute atomic E-state index is 0.0675. The van der Waals surface area contributed by atoms with Gasteiger partial charge in [-0.1, -0.05) is 6.07 Å². The molecule has 2 atom stereocenters. The first-order valence-corrected chi connectivity index (χ1v) is 15.1. The SMILES string of the molecule is C[C@@H]1[C@H](CC(=O)c2ccc(C3CC3)cn2)CCCN1c1cnc(C(N)=O)c(Nc2ccc(N3CCN(C)CC3)cc2)n1. The van der Waals surface area contributed by atoms with E-state index in [1.807, 2.05) is 24.4 Å². The zero-order valence-electron chi connectivity index (χ0n) is 24.5. The van der Waals surface area contributed by atoms with Crippen LogP contribution < -0.4 is 20.9 Å². The third-order valence-electron chi connectivity index (χ3n) is 9.00. The average molecular weight is 569 g/mol. The van der Waals surface area contributed by atoms with E-state index in [1.165, 1.54) is 24.1 Å². The molecule has 0 unspecified atom stereocenters. The molecular weight excluding hydrogens is 528 g/mol. The van der Waals surface area contributed by atoms with Crippen LogP contribution in [-0.4, -0.2) is 77.4 Å². The second kappa shape index (κ2) is 12.1. The Labute approximate surface area is 247 Å². The number of nitrogens with zero attached hydrogens (tertiary/aromatic N) is 6. The molecule has 1 aromatic carbocycles. The Balaban J connectivity index is 1.15. The van der Waals surface area contributed by atoms with Crippen molar-refractivity contribution in [3.05, 3.63) is 65.7 Å². The molecule has 1 amide bonds. The van der Waals surface area contributed by atoms with Crippen LogP contribution in [0.25, 0.3) is 0 Å².